The Morgan fingerprint density at radius 3 is 2.61 bits per heavy atom. The van der Waals surface area contributed by atoms with Crippen molar-refractivity contribution in [3.63, 3.8) is 0 Å². The van der Waals surface area contributed by atoms with Crippen molar-refractivity contribution >= 4 is 44.3 Å². The van der Waals surface area contributed by atoms with Gasteiger partial charge in [0.2, 0.25) is 0 Å². The summed E-state index contributed by atoms with van der Waals surface area (Å²) >= 11 is 6.94. The number of halogens is 3. The minimum atomic E-state index is -0.346. The van der Waals surface area contributed by atoms with E-state index in [0.29, 0.717) is 19.7 Å². The second-order valence-electron chi connectivity index (χ2n) is 3.79. The number of rotatable bonds is 6. The van der Waals surface area contributed by atoms with Gasteiger partial charge in [-0.25, -0.2) is 0 Å². The number of ether oxygens (including phenoxy) is 1. The first-order chi connectivity index (χ1) is 8.04. The number of nitrogens with one attached hydrogen (secondary N) is 1. The normalized spacial score (nSPS) is 11.8. The molecule has 0 fully saturated rings. The van der Waals surface area contributed by atoms with E-state index < -0.39 is 0 Å². The van der Waals surface area contributed by atoms with E-state index in [1.54, 1.807) is 6.92 Å². The molecule has 104 valence electrons. The fourth-order valence-corrected chi connectivity index (χ4v) is 2.89. The van der Waals surface area contributed by atoms with Gasteiger partial charge in [0.1, 0.15) is 5.75 Å². The van der Waals surface area contributed by atoms with E-state index in [1.807, 2.05) is 19.1 Å². The molecule has 0 bridgehead atoms. The SMILES string of the molecule is CCOc1c(Br)cc(Br)cc1CNCC(C)O.Cl. The Kier molecular flexibility index (Phi) is 9.25. The summed E-state index contributed by atoms with van der Waals surface area (Å²) in [6.07, 6.45) is -0.346. The van der Waals surface area contributed by atoms with Gasteiger partial charge in [-0.3, -0.25) is 0 Å². The van der Waals surface area contributed by atoms with Gasteiger partial charge in [0, 0.05) is 23.1 Å². The third-order valence-electron chi connectivity index (χ3n) is 2.13. The fourth-order valence-electron chi connectivity index (χ4n) is 1.47. The molecule has 1 aromatic rings. The van der Waals surface area contributed by atoms with E-state index in [2.05, 4.69) is 37.2 Å². The number of aliphatic hydroxyl groups is 1. The lowest BCUT2D eigenvalue weighted by Crippen LogP contribution is -2.24. The molecule has 0 aromatic heterocycles. The molecular formula is C12H18Br2ClNO2. The maximum absolute atomic E-state index is 9.20. The molecule has 1 aromatic carbocycles. The van der Waals surface area contributed by atoms with E-state index in [0.717, 1.165) is 20.3 Å². The maximum atomic E-state index is 9.20. The van der Waals surface area contributed by atoms with Gasteiger partial charge in [-0.1, -0.05) is 15.9 Å². The average molecular weight is 404 g/mol. The molecule has 0 amide bonds. The molecule has 0 saturated carbocycles. The van der Waals surface area contributed by atoms with Gasteiger partial charge >= 0.3 is 0 Å². The molecular weight excluding hydrogens is 385 g/mol. The lowest BCUT2D eigenvalue weighted by atomic mass is 10.2. The van der Waals surface area contributed by atoms with E-state index in [9.17, 15) is 5.11 Å². The van der Waals surface area contributed by atoms with Crippen LogP contribution < -0.4 is 10.1 Å². The van der Waals surface area contributed by atoms with E-state index >= 15 is 0 Å². The van der Waals surface area contributed by atoms with Crippen LogP contribution in [0.25, 0.3) is 0 Å². The van der Waals surface area contributed by atoms with Gasteiger partial charge < -0.3 is 15.2 Å². The molecule has 18 heavy (non-hydrogen) atoms. The smallest absolute Gasteiger partial charge is 0.138 e. The number of hydrogen-bond donors (Lipinski definition) is 2. The molecule has 1 unspecified atom stereocenters. The summed E-state index contributed by atoms with van der Waals surface area (Å²) < 4.78 is 7.54. The van der Waals surface area contributed by atoms with Gasteiger partial charge in [0.15, 0.2) is 0 Å². The summed E-state index contributed by atoms with van der Waals surface area (Å²) in [6.45, 7) is 5.58. The van der Waals surface area contributed by atoms with Crippen molar-refractivity contribution in [1.82, 2.24) is 5.32 Å². The fraction of sp³-hybridized carbons (Fsp3) is 0.500. The minimum absolute atomic E-state index is 0. The minimum Gasteiger partial charge on any atom is -0.492 e. The molecule has 0 radical (unpaired) electrons. The summed E-state index contributed by atoms with van der Waals surface area (Å²) in [6, 6.07) is 3.98. The third kappa shape index (κ3) is 5.89. The van der Waals surface area contributed by atoms with Crippen LogP contribution in [0.5, 0.6) is 5.75 Å². The highest BCUT2D eigenvalue weighted by atomic mass is 79.9. The molecule has 6 heteroatoms. The second-order valence-corrected chi connectivity index (χ2v) is 5.56. The Labute approximate surface area is 131 Å². The highest BCUT2D eigenvalue weighted by Crippen LogP contribution is 2.32. The second kappa shape index (κ2) is 9.15. The monoisotopic (exact) mass is 401 g/mol. The molecule has 0 aliphatic carbocycles. The molecule has 1 atom stereocenters. The quantitative estimate of drug-likeness (QED) is 0.764. The van der Waals surface area contributed by atoms with Crippen molar-refractivity contribution < 1.29 is 9.84 Å². The third-order valence-corrected chi connectivity index (χ3v) is 3.18. The topological polar surface area (TPSA) is 41.5 Å². The zero-order valence-electron chi connectivity index (χ0n) is 10.4. The number of hydrogen-bond acceptors (Lipinski definition) is 3. The van der Waals surface area contributed by atoms with Gasteiger partial charge in [0.25, 0.3) is 0 Å². The molecule has 0 spiro atoms. The van der Waals surface area contributed by atoms with Crippen molar-refractivity contribution in [2.75, 3.05) is 13.2 Å². The Bertz CT molecular complexity index is 375. The van der Waals surface area contributed by atoms with Crippen molar-refractivity contribution in [3.05, 3.63) is 26.6 Å². The Morgan fingerprint density at radius 2 is 2.06 bits per heavy atom. The summed E-state index contributed by atoms with van der Waals surface area (Å²) in [5.74, 6) is 0.855. The van der Waals surface area contributed by atoms with Crippen molar-refractivity contribution in [2.45, 2.75) is 26.5 Å². The first-order valence-electron chi connectivity index (χ1n) is 5.54. The summed E-state index contributed by atoms with van der Waals surface area (Å²) in [7, 11) is 0. The van der Waals surface area contributed by atoms with Crippen LogP contribution in [-0.2, 0) is 6.54 Å². The zero-order valence-corrected chi connectivity index (χ0v) is 14.4. The zero-order chi connectivity index (χ0) is 12.8. The van der Waals surface area contributed by atoms with Crippen LogP contribution in [0, 0.1) is 0 Å². The largest absolute Gasteiger partial charge is 0.492 e. The van der Waals surface area contributed by atoms with Crippen molar-refractivity contribution in [3.8, 4) is 5.75 Å². The van der Waals surface area contributed by atoms with Crippen molar-refractivity contribution in [2.24, 2.45) is 0 Å². The Hall–Kier alpha value is 0.190. The summed E-state index contributed by atoms with van der Waals surface area (Å²) in [5, 5.41) is 12.4. The van der Waals surface area contributed by atoms with E-state index in [4.69, 9.17) is 4.74 Å². The summed E-state index contributed by atoms with van der Waals surface area (Å²) in [5.41, 5.74) is 1.06. The van der Waals surface area contributed by atoms with Gasteiger partial charge in [-0.05, 0) is 41.9 Å². The highest BCUT2D eigenvalue weighted by Gasteiger charge is 2.09. The number of aliphatic hydroxyl groups excluding tert-OH is 1. The molecule has 0 aliphatic rings. The van der Waals surface area contributed by atoms with E-state index in [1.165, 1.54) is 0 Å². The lowest BCUT2D eigenvalue weighted by Gasteiger charge is -2.14. The predicted molar refractivity (Wildman–Crippen MR) is 83.6 cm³/mol. The van der Waals surface area contributed by atoms with Crippen LogP contribution in [-0.4, -0.2) is 24.4 Å². The van der Waals surface area contributed by atoms with Crippen LogP contribution in [0.3, 0.4) is 0 Å². The average Bonchev–Trinajstić information content (AvgIpc) is 2.22. The van der Waals surface area contributed by atoms with Gasteiger partial charge in [-0.2, -0.15) is 0 Å². The molecule has 0 aliphatic heterocycles. The Balaban J connectivity index is 0.00000289. The van der Waals surface area contributed by atoms with Gasteiger partial charge in [-0.15, -0.1) is 12.4 Å². The van der Waals surface area contributed by atoms with Crippen LogP contribution in [0.2, 0.25) is 0 Å². The van der Waals surface area contributed by atoms with Crippen LogP contribution in [0.15, 0.2) is 21.1 Å². The van der Waals surface area contributed by atoms with Crippen LogP contribution >= 0.6 is 44.3 Å². The number of benzene rings is 1. The molecule has 1 rings (SSSR count). The molecule has 3 nitrogen and oxygen atoms in total. The molecule has 2 N–H and O–H groups in total. The van der Waals surface area contributed by atoms with Crippen LogP contribution in [0.4, 0.5) is 0 Å². The standard InChI is InChI=1S/C12H17Br2NO2.ClH/c1-3-17-12-9(7-15-6-8(2)16)4-10(13)5-11(12)14;/h4-5,8,15-16H,3,6-7H2,1-2H3;1H. The predicted octanol–water partition coefficient (Wildman–Crippen LogP) is 3.50. The first-order valence-corrected chi connectivity index (χ1v) is 7.12. The Morgan fingerprint density at radius 1 is 1.39 bits per heavy atom. The lowest BCUT2D eigenvalue weighted by molar-refractivity contribution is 0.190. The highest BCUT2D eigenvalue weighted by molar-refractivity contribution is 9.11. The van der Waals surface area contributed by atoms with Crippen molar-refractivity contribution in [1.29, 1.82) is 0 Å². The van der Waals surface area contributed by atoms with Gasteiger partial charge in [0.05, 0.1) is 17.2 Å². The molecule has 0 heterocycles. The molecule has 0 saturated heterocycles. The maximum Gasteiger partial charge on any atom is 0.138 e. The van der Waals surface area contributed by atoms with Crippen LogP contribution in [0.1, 0.15) is 19.4 Å². The van der Waals surface area contributed by atoms with E-state index in [-0.39, 0.29) is 18.5 Å². The summed E-state index contributed by atoms with van der Waals surface area (Å²) in [4.78, 5) is 0. The first kappa shape index (κ1) is 18.2.